The minimum atomic E-state index is -0.967. The smallest absolute Gasteiger partial charge is 0.136 e. The van der Waals surface area contributed by atoms with Crippen LogP contribution in [0.2, 0.25) is 0 Å². The summed E-state index contributed by atoms with van der Waals surface area (Å²) < 4.78 is 6.29. The van der Waals surface area contributed by atoms with Gasteiger partial charge in [-0.2, -0.15) is 5.48 Å². The van der Waals surface area contributed by atoms with E-state index in [1.807, 2.05) is 13.0 Å². The van der Waals surface area contributed by atoms with Gasteiger partial charge >= 0.3 is 0 Å². The summed E-state index contributed by atoms with van der Waals surface area (Å²) in [6.07, 6.45) is 5.43. The zero-order valence-corrected chi connectivity index (χ0v) is 16.5. The normalized spacial score (nSPS) is 49.5. The maximum absolute atomic E-state index is 10.9. The Labute approximate surface area is 151 Å². The number of aliphatic hydroxyl groups excluding tert-OH is 1. The van der Waals surface area contributed by atoms with Crippen molar-refractivity contribution >= 4 is 0 Å². The van der Waals surface area contributed by atoms with E-state index in [0.717, 1.165) is 19.3 Å². The molecule has 0 saturated carbocycles. The monoisotopic (exact) mass is 353 g/mol. The van der Waals surface area contributed by atoms with Gasteiger partial charge in [0.2, 0.25) is 0 Å². The van der Waals surface area contributed by atoms with Gasteiger partial charge in [-0.3, -0.25) is 4.84 Å². The first-order valence-electron chi connectivity index (χ1n) is 9.73. The summed E-state index contributed by atoms with van der Waals surface area (Å²) in [7, 11) is 0. The van der Waals surface area contributed by atoms with Crippen molar-refractivity contribution in [3.8, 4) is 0 Å². The fourth-order valence-corrected chi connectivity index (χ4v) is 4.76. The third-order valence-electron chi connectivity index (χ3n) is 6.89. The average Bonchev–Trinajstić information content (AvgIpc) is 2.97. The van der Waals surface area contributed by atoms with E-state index in [2.05, 4.69) is 39.3 Å². The van der Waals surface area contributed by atoms with Crippen LogP contribution in [0.3, 0.4) is 0 Å². The van der Waals surface area contributed by atoms with Crippen LogP contribution in [-0.2, 0) is 9.57 Å². The molecule has 5 nitrogen and oxygen atoms in total. The molecule has 2 fully saturated rings. The molecule has 0 amide bonds. The number of fused-ring (bicyclic) bond motifs is 2. The number of allylic oxidation sites excluding steroid dienone is 1. The fourth-order valence-electron chi connectivity index (χ4n) is 4.76. The quantitative estimate of drug-likeness (QED) is 0.523. The highest BCUT2D eigenvalue weighted by Gasteiger charge is 2.67. The summed E-state index contributed by atoms with van der Waals surface area (Å²) in [4.78, 5) is 6.01. The molecule has 0 radical (unpaired) electrons. The topological polar surface area (TPSA) is 71.0 Å². The van der Waals surface area contributed by atoms with E-state index in [1.54, 1.807) is 6.92 Å². The van der Waals surface area contributed by atoms with E-state index in [1.165, 1.54) is 0 Å². The Balaban J connectivity index is 1.70. The van der Waals surface area contributed by atoms with Gasteiger partial charge < -0.3 is 14.9 Å². The number of hydrogen-bond acceptors (Lipinski definition) is 5. The van der Waals surface area contributed by atoms with Crippen LogP contribution in [-0.4, -0.2) is 45.3 Å². The van der Waals surface area contributed by atoms with Crippen molar-refractivity contribution in [3.05, 3.63) is 12.2 Å². The Kier molecular flexibility index (Phi) is 4.87. The Bertz CT molecular complexity index is 532. The van der Waals surface area contributed by atoms with Gasteiger partial charge in [0.25, 0.3) is 0 Å². The Morgan fingerprint density at radius 3 is 2.44 bits per heavy atom. The molecule has 5 heteroatoms. The summed E-state index contributed by atoms with van der Waals surface area (Å²) in [5.41, 5.74) is 1.13. The highest BCUT2D eigenvalue weighted by molar-refractivity contribution is 5.16. The van der Waals surface area contributed by atoms with Crippen molar-refractivity contribution in [2.45, 2.75) is 95.9 Å². The van der Waals surface area contributed by atoms with Crippen LogP contribution < -0.4 is 5.48 Å². The van der Waals surface area contributed by atoms with Crippen molar-refractivity contribution in [1.29, 1.82) is 0 Å². The summed E-state index contributed by atoms with van der Waals surface area (Å²) in [5.74, 6) is 1.14. The number of nitrogens with one attached hydrogen (secondary N) is 1. The fraction of sp³-hybridized carbons (Fsp3) is 0.900. The first-order chi connectivity index (χ1) is 11.5. The van der Waals surface area contributed by atoms with Crippen LogP contribution in [0.15, 0.2) is 12.2 Å². The number of ether oxygens (including phenoxy) is 1. The molecule has 3 N–H and O–H groups in total. The first kappa shape index (κ1) is 19.3. The lowest BCUT2D eigenvalue weighted by atomic mass is 9.73. The predicted octanol–water partition coefficient (Wildman–Crippen LogP) is 2.57. The molecular weight excluding hydrogens is 318 g/mol. The molecule has 2 heterocycles. The van der Waals surface area contributed by atoms with Gasteiger partial charge in [0, 0.05) is 0 Å². The SMILES string of the molecule is CC(C)C1C=CC(C)(O)C(NOC2C(O)C3(C(C)C)CCC2(C)O3)C1. The van der Waals surface area contributed by atoms with Gasteiger partial charge in [-0.15, -0.1) is 0 Å². The van der Waals surface area contributed by atoms with Gasteiger partial charge in [0.15, 0.2) is 0 Å². The van der Waals surface area contributed by atoms with Gasteiger partial charge in [-0.05, 0) is 50.9 Å². The second-order valence-electron chi connectivity index (χ2n) is 9.41. The van der Waals surface area contributed by atoms with Crippen LogP contribution in [0, 0.1) is 17.8 Å². The lowest BCUT2D eigenvalue weighted by Crippen LogP contribution is -2.57. The summed E-state index contributed by atoms with van der Waals surface area (Å²) in [5, 5.41) is 21.6. The van der Waals surface area contributed by atoms with E-state index < -0.39 is 29.0 Å². The Morgan fingerprint density at radius 1 is 1.20 bits per heavy atom. The van der Waals surface area contributed by atoms with Crippen molar-refractivity contribution in [2.75, 3.05) is 0 Å². The van der Waals surface area contributed by atoms with E-state index in [9.17, 15) is 10.2 Å². The van der Waals surface area contributed by atoms with Crippen LogP contribution >= 0.6 is 0 Å². The second kappa shape index (κ2) is 6.31. The van der Waals surface area contributed by atoms with E-state index >= 15 is 0 Å². The minimum Gasteiger partial charge on any atom is -0.387 e. The molecular formula is C20H35NO4. The maximum atomic E-state index is 10.9. The molecule has 0 aromatic rings. The van der Waals surface area contributed by atoms with Crippen LogP contribution in [0.1, 0.15) is 60.8 Å². The second-order valence-corrected chi connectivity index (χ2v) is 9.41. The molecule has 2 bridgehead atoms. The van der Waals surface area contributed by atoms with Gasteiger partial charge in [0.1, 0.15) is 12.2 Å². The van der Waals surface area contributed by atoms with Crippen molar-refractivity contribution in [1.82, 2.24) is 5.48 Å². The zero-order valence-electron chi connectivity index (χ0n) is 16.5. The lowest BCUT2D eigenvalue weighted by Gasteiger charge is -2.41. The summed E-state index contributed by atoms with van der Waals surface area (Å²) in [6.45, 7) is 12.4. The molecule has 3 rings (SSSR count). The molecule has 3 aliphatic rings. The lowest BCUT2D eigenvalue weighted by molar-refractivity contribution is -0.153. The molecule has 2 aliphatic heterocycles. The largest absolute Gasteiger partial charge is 0.387 e. The van der Waals surface area contributed by atoms with Gasteiger partial charge in [0.05, 0.1) is 22.8 Å². The standard InChI is InChI=1S/C20H35NO4/c1-12(2)14-7-8-18(5,23)15(11-14)21-24-17-16(22)20(13(3)4)10-9-19(17,6)25-20/h7-8,12-17,21-23H,9-11H2,1-6H3. The highest BCUT2D eigenvalue weighted by atomic mass is 16.7. The molecule has 7 atom stereocenters. The molecule has 0 aromatic heterocycles. The van der Waals surface area contributed by atoms with Crippen molar-refractivity contribution in [2.24, 2.45) is 17.8 Å². The van der Waals surface area contributed by atoms with Gasteiger partial charge in [-0.25, -0.2) is 0 Å². The first-order valence-corrected chi connectivity index (χ1v) is 9.73. The van der Waals surface area contributed by atoms with Gasteiger partial charge in [-0.1, -0.05) is 39.8 Å². The molecule has 0 spiro atoms. The van der Waals surface area contributed by atoms with Crippen molar-refractivity contribution in [3.63, 3.8) is 0 Å². The summed E-state index contributed by atoms with van der Waals surface area (Å²) in [6, 6.07) is -0.213. The molecule has 2 saturated heterocycles. The number of aliphatic hydroxyl groups is 2. The minimum absolute atomic E-state index is 0.213. The van der Waals surface area contributed by atoms with E-state index in [0.29, 0.717) is 11.8 Å². The van der Waals surface area contributed by atoms with E-state index in [4.69, 9.17) is 9.57 Å². The molecule has 144 valence electrons. The highest BCUT2D eigenvalue weighted by Crippen LogP contribution is 2.55. The van der Waals surface area contributed by atoms with E-state index in [-0.39, 0.29) is 12.0 Å². The zero-order chi connectivity index (χ0) is 18.6. The molecule has 25 heavy (non-hydrogen) atoms. The maximum Gasteiger partial charge on any atom is 0.136 e. The van der Waals surface area contributed by atoms with Crippen LogP contribution in [0.5, 0.6) is 0 Å². The Morgan fingerprint density at radius 2 is 1.88 bits per heavy atom. The number of rotatable bonds is 5. The molecule has 1 aliphatic carbocycles. The predicted molar refractivity (Wildman–Crippen MR) is 96.8 cm³/mol. The average molecular weight is 354 g/mol. The van der Waals surface area contributed by atoms with Crippen LogP contribution in [0.4, 0.5) is 0 Å². The third kappa shape index (κ3) is 3.08. The number of hydroxylamine groups is 1. The summed E-state index contributed by atoms with van der Waals surface area (Å²) >= 11 is 0. The van der Waals surface area contributed by atoms with Crippen molar-refractivity contribution < 1.29 is 19.8 Å². The van der Waals surface area contributed by atoms with Crippen LogP contribution in [0.25, 0.3) is 0 Å². The third-order valence-corrected chi connectivity index (χ3v) is 6.89. The Hall–Kier alpha value is -0.460. The molecule has 0 aromatic carbocycles. The number of hydrogen-bond donors (Lipinski definition) is 3. The molecule has 7 unspecified atom stereocenters.